The maximum Gasteiger partial charge on any atom is 0.309 e. The van der Waals surface area contributed by atoms with Gasteiger partial charge in [-0.05, 0) is 38.3 Å². The molecule has 0 unspecified atom stereocenters. The molecule has 31 heavy (non-hydrogen) atoms. The number of carbonyl (C=O) groups is 2. The van der Waals surface area contributed by atoms with Gasteiger partial charge in [0.1, 0.15) is 13.2 Å². The number of sulfonamides is 1. The summed E-state index contributed by atoms with van der Waals surface area (Å²) in [6, 6.07) is 5.02. The molecule has 2 aliphatic heterocycles. The summed E-state index contributed by atoms with van der Waals surface area (Å²) in [5, 5.41) is 0. The highest BCUT2D eigenvalue weighted by atomic mass is 32.2. The number of hydrogen-bond acceptors (Lipinski definition) is 7. The fourth-order valence-electron chi connectivity index (χ4n) is 3.83. The summed E-state index contributed by atoms with van der Waals surface area (Å²) in [6.07, 6.45) is 2.96. The Labute approximate surface area is 183 Å². The lowest BCUT2D eigenvalue weighted by Crippen LogP contribution is -2.41. The average Bonchev–Trinajstić information content (AvgIpc) is 2.75. The molecule has 0 aromatic heterocycles. The number of benzene rings is 1. The number of anilines is 1. The van der Waals surface area contributed by atoms with Crippen molar-refractivity contribution >= 4 is 27.6 Å². The summed E-state index contributed by atoms with van der Waals surface area (Å²) in [5.41, 5.74) is 0.481. The highest BCUT2D eigenvalue weighted by molar-refractivity contribution is 7.92. The number of piperidine rings is 1. The molecule has 0 saturated carbocycles. The third-order valence-corrected chi connectivity index (χ3v) is 6.63. The molecule has 10 heteroatoms. The number of esters is 1. The maximum atomic E-state index is 12.6. The summed E-state index contributed by atoms with van der Waals surface area (Å²) in [6.45, 7) is 4.22. The summed E-state index contributed by atoms with van der Waals surface area (Å²) in [4.78, 5) is 26.1. The van der Waals surface area contributed by atoms with Crippen LogP contribution in [0, 0.1) is 5.92 Å². The smallest absolute Gasteiger partial charge is 0.309 e. The van der Waals surface area contributed by atoms with Crippen LogP contribution in [0.2, 0.25) is 0 Å². The van der Waals surface area contributed by atoms with Gasteiger partial charge in [0.05, 0.1) is 24.5 Å². The van der Waals surface area contributed by atoms with Gasteiger partial charge in [-0.2, -0.15) is 0 Å². The lowest BCUT2D eigenvalue weighted by Gasteiger charge is -2.31. The number of carbonyl (C=O) groups excluding carboxylic acids is 2. The SMILES string of the molecule is CCOC(=O)C1CCN(C(=O)CCCN(c2ccc3c(c2)OCCO3)S(C)(=O)=O)CC1. The van der Waals surface area contributed by atoms with Crippen LogP contribution in [-0.2, 0) is 24.3 Å². The minimum atomic E-state index is -3.53. The molecule has 0 aliphatic carbocycles. The van der Waals surface area contributed by atoms with Crippen LogP contribution < -0.4 is 13.8 Å². The van der Waals surface area contributed by atoms with E-state index in [9.17, 15) is 18.0 Å². The lowest BCUT2D eigenvalue weighted by atomic mass is 9.97. The van der Waals surface area contributed by atoms with Crippen molar-refractivity contribution in [2.24, 2.45) is 5.92 Å². The second kappa shape index (κ2) is 10.2. The van der Waals surface area contributed by atoms with Crippen molar-refractivity contribution in [3.05, 3.63) is 18.2 Å². The van der Waals surface area contributed by atoms with Gasteiger partial charge in [-0.15, -0.1) is 0 Å². The van der Waals surface area contributed by atoms with Crippen molar-refractivity contribution < 1.29 is 32.2 Å². The molecule has 172 valence electrons. The fourth-order valence-corrected chi connectivity index (χ4v) is 4.79. The third kappa shape index (κ3) is 6.03. The Morgan fingerprint density at radius 1 is 1.16 bits per heavy atom. The molecular weight excluding hydrogens is 424 g/mol. The zero-order valence-electron chi connectivity index (χ0n) is 18.0. The Hall–Kier alpha value is -2.49. The molecular formula is C21H30N2O7S. The van der Waals surface area contributed by atoms with Crippen molar-refractivity contribution in [1.82, 2.24) is 4.90 Å². The number of nitrogens with zero attached hydrogens (tertiary/aromatic N) is 2. The van der Waals surface area contributed by atoms with Gasteiger partial charge in [0.25, 0.3) is 0 Å². The van der Waals surface area contributed by atoms with Crippen LogP contribution in [0.15, 0.2) is 18.2 Å². The highest BCUT2D eigenvalue weighted by Crippen LogP contribution is 2.34. The van der Waals surface area contributed by atoms with Crippen LogP contribution in [0.1, 0.15) is 32.6 Å². The zero-order valence-corrected chi connectivity index (χ0v) is 18.9. The monoisotopic (exact) mass is 454 g/mol. The Morgan fingerprint density at radius 3 is 2.48 bits per heavy atom. The van der Waals surface area contributed by atoms with E-state index in [0.717, 1.165) is 6.26 Å². The summed E-state index contributed by atoms with van der Waals surface area (Å²) in [5.74, 6) is 0.721. The molecule has 1 aromatic carbocycles. The summed E-state index contributed by atoms with van der Waals surface area (Å²) >= 11 is 0. The summed E-state index contributed by atoms with van der Waals surface area (Å²) in [7, 11) is -3.53. The van der Waals surface area contributed by atoms with Crippen LogP contribution in [-0.4, -0.2) is 70.9 Å². The number of likely N-dealkylation sites (tertiary alicyclic amines) is 1. The van der Waals surface area contributed by atoms with Gasteiger partial charge in [0.2, 0.25) is 15.9 Å². The molecule has 0 N–H and O–H groups in total. The van der Waals surface area contributed by atoms with Gasteiger partial charge in [-0.25, -0.2) is 8.42 Å². The van der Waals surface area contributed by atoms with Crippen LogP contribution in [0.5, 0.6) is 11.5 Å². The number of hydrogen-bond donors (Lipinski definition) is 0. The van der Waals surface area contributed by atoms with E-state index in [1.165, 1.54) is 4.31 Å². The topological polar surface area (TPSA) is 102 Å². The predicted octanol–water partition coefficient (Wildman–Crippen LogP) is 1.81. The molecule has 1 aromatic rings. The van der Waals surface area contributed by atoms with Gasteiger partial charge in [0, 0.05) is 32.1 Å². The summed E-state index contributed by atoms with van der Waals surface area (Å²) < 4.78 is 42.1. The van der Waals surface area contributed by atoms with Crippen LogP contribution >= 0.6 is 0 Å². The minimum absolute atomic E-state index is 0.0297. The van der Waals surface area contributed by atoms with E-state index >= 15 is 0 Å². The van der Waals surface area contributed by atoms with Crippen molar-refractivity contribution in [2.75, 3.05) is 50.0 Å². The quantitative estimate of drug-likeness (QED) is 0.552. The standard InChI is InChI=1S/C21H30N2O7S/c1-3-28-21(25)16-8-11-22(12-9-16)20(24)5-4-10-23(31(2,26)27)17-6-7-18-19(15-17)30-14-13-29-18/h6-7,15-16H,3-5,8-14H2,1-2H3. The molecule has 0 radical (unpaired) electrons. The third-order valence-electron chi connectivity index (χ3n) is 5.43. The van der Waals surface area contributed by atoms with E-state index in [1.807, 2.05) is 0 Å². The number of ether oxygens (including phenoxy) is 3. The van der Waals surface area contributed by atoms with Gasteiger partial charge in [-0.3, -0.25) is 13.9 Å². The fraction of sp³-hybridized carbons (Fsp3) is 0.619. The Kier molecular flexibility index (Phi) is 7.64. The first-order valence-corrected chi connectivity index (χ1v) is 12.5. The molecule has 0 atom stereocenters. The van der Waals surface area contributed by atoms with Crippen LogP contribution in [0.4, 0.5) is 5.69 Å². The van der Waals surface area contributed by atoms with Gasteiger partial charge < -0.3 is 19.1 Å². The van der Waals surface area contributed by atoms with E-state index in [4.69, 9.17) is 14.2 Å². The van der Waals surface area contributed by atoms with Crippen molar-refractivity contribution in [3.8, 4) is 11.5 Å². The molecule has 1 fully saturated rings. The Bertz CT molecular complexity index is 895. The van der Waals surface area contributed by atoms with E-state index in [2.05, 4.69) is 0 Å². The highest BCUT2D eigenvalue weighted by Gasteiger charge is 2.28. The predicted molar refractivity (Wildman–Crippen MR) is 115 cm³/mol. The van der Waals surface area contributed by atoms with E-state index in [0.29, 0.717) is 69.4 Å². The second-order valence-corrected chi connectivity index (χ2v) is 9.58. The maximum absolute atomic E-state index is 12.6. The second-order valence-electron chi connectivity index (χ2n) is 7.67. The van der Waals surface area contributed by atoms with Crippen LogP contribution in [0.25, 0.3) is 0 Å². The van der Waals surface area contributed by atoms with Crippen LogP contribution in [0.3, 0.4) is 0 Å². The van der Waals surface area contributed by atoms with E-state index in [-0.39, 0.29) is 30.8 Å². The van der Waals surface area contributed by atoms with Gasteiger partial charge in [-0.1, -0.05) is 0 Å². The zero-order chi connectivity index (χ0) is 22.4. The van der Waals surface area contributed by atoms with Gasteiger partial charge in [0.15, 0.2) is 11.5 Å². The number of amides is 1. The molecule has 0 spiro atoms. The first-order chi connectivity index (χ1) is 14.8. The molecule has 1 amide bonds. The normalized spacial score (nSPS) is 16.6. The average molecular weight is 455 g/mol. The molecule has 3 rings (SSSR count). The van der Waals surface area contributed by atoms with Crippen molar-refractivity contribution in [1.29, 1.82) is 0 Å². The van der Waals surface area contributed by atoms with E-state index in [1.54, 1.807) is 30.0 Å². The number of rotatable bonds is 8. The number of fused-ring (bicyclic) bond motifs is 1. The largest absolute Gasteiger partial charge is 0.486 e. The molecule has 2 heterocycles. The van der Waals surface area contributed by atoms with E-state index < -0.39 is 10.0 Å². The first-order valence-electron chi connectivity index (χ1n) is 10.6. The molecule has 0 bridgehead atoms. The van der Waals surface area contributed by atoms with Gasteiger partial charge >= 0.3 is 5.97 Å². The van der Waals surface area contributed by atoms with Crippen molar-refractivity contribution in [2.45, 2.75) is 32.6 Å². The Morgan fingerprint density at radius 2 is 1.84 bits per heavy atom. The minimum Gasteiger partial charge on any atom is -0.486 e. The molecule has 2 aliphatic rings. The van der Waals surface area contributed by atoms with Crippen molar-refractivity contribution in [3.63, 3.8) is 0 Å². The molecule has 9 nitrogen and oxygen atoms in total. The first kappa shape index (κ1) is 23.2. The molecule has 1 saturated heterocycles. The lowest BCUT2D eigenvalue weighted by molar-refractivity contribution is -0.151. The Balaban J connectivity index is 1.54.